The Morgan fingerprint density at radius 3 is 2.49 bits per heavy atom. The van der Waals surface area contributed by atoms with Crippen molar-refractivity contribution in [1.29, 1.82) is 0 Å². The number of H-pyrrole nitrogens is 1. The number of benzene rings is 3. The first-order chi connectivity index (χ1) is 17.0. The molecule has 0 aliphatic rings. The van der Waals surface area contributed by atoms with Gasteiger partial charge in [0.1, 0.15) is 40.7 Å². The van der Waals surface area contributed by atoms with E-state index >= 15 is 0 Å². The van der Waals surface area contributed by atoms with Crippen molar-refractivity contribution < 1.29 is 22.6 Å². The van der Waals surface area contributed by atoms with Crippen LogP contribution in [0.2, 0.25) is 0 Å². The third-order valence-corrected chi connectivity index (χ3v) is 5.37. The molecule has 0 saturated heterocycles. The molecular weight excluding hydrogens is 457 g/mol. The first-order valence-corrected chi connectivity index (χ1v) is 10.8. The van der Waals surface area contributed by atoms with E-state index in [0.717, 1.165) is 22.8 Å². The van der Waals surface area contributed by atoms with Crippen LogP contribution in [0.1, 0.15) is 17.0 Å². The smallest absolute Gasteiger partial charge is 0.420 e. The van der Waals surface area contributed by atoms with E-state index in [4.69, 9.17) is 9.47 Å². The zero-order valence-electron chi connectivity index (χ0n) is 18.3. The Balaban J connectivity index is 1.39. The molecule has 35 heavy (non-hydrogen) atoms. The molecule has 0 aliphatic heterocycles. The normalized spacial score (nSPS) is 11.5. The number of rotatable bonds is 7. The molecule has 9 heteroatoms. The monoisotopic (exact) mass is 476 g/mol. The number of aromatic amines is 1. The van der Waals surface area contributed by atoms with Crippen molar-refractivity contribution in [2.45, 2.75) is 19.0 Å². The highest BCUT2D eigenvalue weighted by Gasteiger charge is 2.35. The summed E-state index contributed by atoms with van der Waals surface area (Å²) in [5.41, 5.74) is -0.0302. The van der Waals surface area contributed by atoms with Crippen LogP contribution in [0.4, 0.5) is 13.2 Å². The van der Waals surface area contributed by atoms with Crippen molar-refractivity contribution in [3.8, 4) is 23.0 Å². The zero-order valence-corrected chi connectivity index (χ0v) is 18.3. The highest BCUT2D eigenvalue weighted by atomic mass is 19.4. The molecule has 0 unspecified atom stereocenters. The number of nitrogens with zero attached hydrogens (tertiary/aromatic N) is 3. The number of ether oxygens (including phenoxy) is 2. The van der Waals surface area contributed by atoms with Gasteiger partial charge in [-0.15, -0.1) is 10.2 Å². The summed E-state index contributed by atoms with van der Waals surface area (Å²) < 4.78 is 53.2. The molecule has 0 saturated carbocycles. The zero-order chi connectivity index (χ0) is 24.3. The molecular formula is C26H19F3N4O2. The first kappa shape index (κ1) is 22.4. The number of alkyl halides is 3. The molecule has 2 aromatic heterocycles. The molecule has 0 bridgehead atoms. The Morgan fingerprint density at radius 2 is 1.66 bits per heavy atom. The number of halogens is 3. The summed E-state index contributed by atoms with van der Waals surface area (Å²) in [4.78, 5) is 7.00. The lowest BCUT2D eigenvalue weighted by Crippen LogP contribution is -2.07. The fraction of sp³-hybridized carbons (Fsp3) is 0.115. The van der Waals surface area contributed by atoms with Crippen molar-refractivity contribution in [3.05, 3.63) is 102 Å². The molecule has 0 radical (unpaired) electrons. The summed E-state index contributed by atoms with van der Waals surface area (Å²) in [5, 5.41) is 9.25. The van der Waals surface area contributed by atoms with Crippen molar-refractivity contribution in [2.24, 2.45) is 0 Å². The summed E-state index contributed by atoms with van der Waals surface area (Å²) >= 11 is 0. The van der Waals surface area contributed by atoms with Gasteiger partial charge in [-0.25, -0.2) is 0 Å². The van der Waals surface area contributed by atoms with Gasteiger partial charge in [0.15, 0.2) is 0 Å². The molecule has 6 nitrogen and oxygen atoms in total. The van der Waals surface area contributed by atoms with E-state index in [1.807, 2.05) is 12.1 Å². The van der Waals surface area contributed by atoms with Gasteiger partial charge in [0.2, 0.25) is 0 Å². The van der Waals surface area contributed by atoms with Crippen LogP contribution in [0.25, 0.3) is 10.8 Å². The van der Waals surface area contributed by atoms with E-state index in [2.05, 4.69) is 20.2 Å². The molecule has 5 rings (SSSR count). The van der Waals surface area contributed by atoms with Crippen LogP contribution in [0.5, 0.6) is 23.0 Å². The Kier molecular flexibility index (Phi) is 6.05. The second kappa shape index (κ2) is 9.46. The molecule has 5 aromatic rings. The standard InChI is InChI=1S/C26H19F3N4O2/c27-26(28,29)22-14-20(34-23-6-2-4-18-11-12-30-15-21(18)23)8-9-24(22)35-19-5-1-3-17(13-19)7-10-25-31-16-32-33-25/h1-6,8-9,11-16H,7,10H2,(H,31,32,33). The maximum Gasteiger partial charge on any atom is 0.420 e. The second-order valence-corrected chi connectivity index (χ2v) is 7.80. The molecule has 176 valence electrons. The van der Waals surface area contributed by atoms with Crippen LogP contribution < -0.4 is 9.47 Å². The Hall–Kier alpha value is -4.40. The summed E-state index contributed by atoms with van der Waals surface area (Å²) in [6.45, 7) is 0. The second-order valence-electron chi connectivity index (χ2n) is 7.80. The highest BCUT2D eigenvalue weighted by Crippen LogP contribution is 2.41. The van der Waals surface area contributed by atoms with Crippen LogP contribution in [0.3, 0.4) is 0 Å². The minimum absolute atomic E-state index is 0.0434. The predicted molar refractivity (Wildman–Crippen MR) is 124 cm³/mol. The van der Waals surface area contributed by atoms with Crippen molar-refractivity contribution in [1.82, 2.24) is 20.2 Å². The maximum absolute atomic E-state index is 13.9. The number of aromatic nitrogens is 4. The van der Waals surface area contributed by atoms with Crippen LogP contribution in [0, 0.1) is 0 Å². The van der Waals surface area contributed by atoms with E-state index in [1.54, 1.807) is 48.8 Å². The molecule has 2 heterocycles. The average molecular weight is 476 g/mol. The molecule has 0 fully saturated rings. The van der Waals surface area contributed by atoms with Gasteiger partial charge in [-0.1, -0.05) is 24.3 Å². The van der Waals surface area contributed by atoms with Gasteiger partial charge in [-0.05, 0) is 59.8 Å². The van der Waals surface area contributed by atoms with Gasteiger partial charge in [-0.3, -0.25) is 4.98 Å². The molecule has 0 spiro atoms. The predicted octanol–water partition coefficient (Wildman–Crippen LogP) is 6.74. The van der Waals surface area contributed by atoms with Crippen molar-refractivity contribution >= 4 is 10.8 Å². The van der Waals surface area contributed by atoms with Gasteiger partial charge < -0.3 is 14.5 Å². The Bertz CT molecular complexity index is 1450. The maximum atomic E-state index is 13.9. The number of nitrogens with one attached hydrogen (secondary N) is 1. The molecule has 0 atom stereocenters. The van der Waals surface area contributed by atoms with Gasteiger partial charge >= 0.3 is 6.18 Å². The summed E-state index contributed by atoms with van der Waals surface area (Å²) in [6, 6.07) is 17.8. The van der Waals surface area contributed by atoms with Gasteiger partial charge in [0.05, 0.1) is 0 Å². The summed E-state index contributed by atoms with van der Waals surface area (Å²) in [6.07, 6.45) is 1.36. The fourth-order valence-corrected chi connectivity index (χ4v) is 3.69. The number of fused-ring (bicyclic) bond motifs is 1. The van der Waals surface area contributed by atoms with Crippen LogP contribution in [0.15, 0.2) is 85.5 Å². The SMILES string of the molecule is FC(F)(F)c1cc(Oc2cccc3ccncc23)ccc1Oc1cccc(CCc2nnc[nH]2)c1. The van der Waals surface area contributed by atoms with E-state index in [9.17, 15) is 13.2 Å². The molecule has 0 aliphatic carbocycles. The number of hydrogen-bond acceptors (Lipinski definition) is 5. The summed E-state index contributed by atoms with van der Waals surface area (Å²) in [7, 11) is 0. The molecule has 3 aromatic carbocycles. The van der Waals surface area contributed by atoms with E-state index < -0.39 is 11.7 Å². The molecule has 0 amide bonds. The average Bonchev–Trinajstić information content (AvgIpc) is 3.37. The van der Waals surface area contributed by atoms with Gasteiger partial charge in [-0.2, -0.15) is 13.2 Å². The quantitative estimate of drug-likeness (QED) is 0.282. The van der Waals surface area contributed by atoms with Gasteiger partial charge in [0, 0.05) is 24.2 Å². The topological polar surface area (TPSA) is 72.9 Å². The third kappa shape index (κ3) is 5.24. The minimum atomic E-state index is -4.64. The third-order valence-electron chi connectivity index (χ3n) is 5.37. The first-order valence-electron chi connectivity index (χ1n) is 10.8. The lowest BCUT2D eigenvalue weighted by Gasteiger charge is -2.16. The lowest BCUT2D eigenvalue weighted by atomic mass is 10.1. The van der Waals surface area contributed by atoms with Crippen molar-refractivity contribution in [3.63, 3.8) is 0 Å². The lowest BCUT2D eigenvalue weighted by molar-refractivity contribution is -0.138. The van der Waals surface area contributed by atoms with E-state index in [-0.39, 0.29) is 11.5 Å². The van der Waals surface area contributed by atoms with E-state index in [0.29, 0.717) is 29.7 Å². The van der Waals surface area contributed by atoms with Gasteiger partial charge in [0.25, 0.3) is 0 Å². The van der Waals surface area contributed by atoms with E-state index in [1.165, 1.54) is 18.5 Å². The Labute approximate surface area is 198 Å². The summed E-state index contributed by atoms with van der Waals surface area (Å²) in [5.74, 6) is 1.18. The largest absolute Gasteiger partial charge is 0.457 e. The number of hydrogen-bond donors (Lipinski definition) is 1. The highest BCUT2D eigenvalue weighted by molar-refractivity contribution is 5.87. The van der Waals surface area contributed by atoms with Crippen LogP contribution >= 0.6 is 0 Å². The van der Waals surface area contributed by atoms with Crippen molar-refractivity contribution in [2.75, 3.05) is 0 Å². The van der Waals surface area contributed by atoms with Crippen LogP contribution in [-0.4, -0.2) is 20.2 Å². The minimum Gasteiger partial charge on any atom is -0.457 e. The number of pyridine rings is 1. The van der Waals surface area contributed by atoms with Crippen LogP contribution in [-0.2, 0) is 19.0 Å². The number of aryl methyl sites for hydroxylation is 2. The molecule has 1 N–H and O–H groups in total. The Morgan fingerprint density at radius 1 is 0.829 bits per heavy atom. The fourth-order valence-electron chi connectivity index (χ4n) is 3.69.